The molecule has 1 aliphatic heterocycles. The highest BCUT2D eigenvalue weighted by Gasteiger charge is 2.59. The van der Waals surface area contributed by atoms with Crippen molar-refractivity contribution in [3.63, 3.8) is 0 Å². The lowest BCUT2D eigenvalue weighted by molar-refractivity contribution is -0.725. The van der Waals surface area contributed by atoms with Gasteiger partial charge >= 0.3 is 5.97 Å². The fourth-order valence-corrected chi connectivity index (χ4v) is 5.23. The first-order valence-electron chi connectivity index (χ1n) is 6.16. The second-order valence-corrected chi connectivity index (χ2v) is 7.81. The summed E-state index contributed by atoms with van der Waals surface area (Å²) in [6, 6.07) is -0.293. The Morgan fingerprint density at radius 3 is 2.53 bits per heavy atom. The second-order valence-electron chi connectivity index (χ2n) is 5.79. The van der Waals surface area contributed by atoms with E-state index in [0.717, 1.165) is 6.42 Å². The van der Waals surface area contributed by atoms with E-state index in [0.29, 0.717) is 5.92 Å². The van der Waals surface area contributed by atoms with E-state index in [-0.39, 0.29) is 28.1 Å². The Bertz CT molecular complexity index is 311. The summed E-state index contributed by atoms with van der Waals surface area (Å²) >= 11 is 1.90. The van der Waals surface area contributed by atoms with E-state index in [1.165, 1.54) is 19.3 Å². The van der Waals surface area contributed by atoms with Crippen LogP contribution in [0.2, 0.25) is 0 Å². The smallest absolute Gasteiger partial charge is 0.363 e. The van der Waals surface area contributed by atoms with Crippen LogP contribution in [0.1, 0.15) is 46.5 Å². The van der Waals surface area contributed by atoms with Gasteiger partial charge in [0.1, 0.15) is 4.87 Å². The summed E-state index contributed by atoms with van der Waals surface area (Å²) in [5.41, 5.74) is 0. The molecule has 1 aliphatic carbocycles. The van der Waals surface area contributed by atoms with Crippen LogP contribution in [-0.4, -0.2) is 26.7 Å². The minimum Gasteiger partial charge on any atom is -1.00 e. The number of carbonyl (C=O) groups is 1. The van der Waals surface area contributed by atoms with Crippen molar-refractivity contribution in [1.29, 1.82) is 0 Å². The summed E-state index contributed by atoms with van der Waals surface area (Å²) < 4.78 is -0.155. The first-order chi connectivity index (χ1) is 7.37. The molecule has 0 radical (unpaired) electrons. The number of halogens is 1. The zero-order valence-electron chi connectivity index (χ0n) is 10.7. The molecule has 0 aromatic rings. The van der Waals surface area contributed by atoms with Gasteiger partial charge in [0.25, 0.3) is 0 Å². The van der Waals surface area contributed by atoms with Gasteiger partial charge in [-0.25, -0.2) is 4.79 Å². The monoisotopic (exact) mass is 279 g/mol. The minimum atomic E-state index is -0.660. The molecule has 0 bridgehead atoms. The Labute approximate surface area is 114 Å². The number of hydrogen-bond acceptors (Lipinski definition) is 2. The lowest BCUT2D eigenvalue weighted by atomic mass is 9.84. The molecule has 2 fully saturated rings. The van der Waals surface area contributed by atoms with Gasteiger partial charge in [-0.1, -0.05) is 25.1 Å². The number of aliphatic carboxylic acids is 1. The predicted octanol–water partition coefficient (Wildman–Crippen LogP) is -1.56. The lowest BCUT2D eigenvalue weighted by Gasteiger charge is -2.36. The highest BCUT2D eigenvalue weighted by atomic mass is 35.5. The maximum atomic E-state index is 11.3. The molecule has 2 rings (SSSR count). The number of rotatable bonds is 1. The van der Waals surface area contributed by atoms with E-state index in [9.17, 15) is 9.90 Å². The summed E-state index contributed by atoms with van der Waals surface area (Å²) in [5.74, 6) is -0.0398. The molecule has 17 heavy (non-hydrogen) atoms. The molecule has 3 N–H and O–H groups in total. The molecule has 0 amide bonds. The van der Waals surface area contributed by atoms with Crippen LogP contribution in [0.25, 0.3) is 0 Å². The highest BCUT2D eigenvalue weighted by molar-refractivity contribution is 8.02. The van der Waals surface area contributed by atoms with Gasteiger partial charge < -0.3 is 22.8 Å². The minimum absolute atomic E-state index is 0. The third kappa shape index (κ3) is 2.59. The van der Waals surface area contributed by atoms with Gasteiger partial charge in [0.2, 0.25) is 0 Å². The van der Waals surface area contributed by atoms with Crippen LogP contribution >= 0.6 is 11.8 Å². The first-order valence-corrected chi connectivity index (χ1v) is 6.98. The van der Waals surface area contributed by atoms with Crippen LogP contribution < -0.4 is 17.7 Å². The number of carboxylic acids is 1. The SMILES string of the molecule is CC1CCCCC12[NH2+]C(C(=O)O)C(C)(C)S2.[Cl-]. The maximum absolute atomic E-state index is 11.3. The van der Waals surface area contributed by atoms with E-state index >= 15 is 0 Å². The Morgan fingerprint density at radius 1 is 1.41 bits per heavy atom. The molecule has 3 unspecified atom stereocenters. The average molecular weight is 280 g/mol. The largest absolute Gasteiger partial charge is 1.00 e. The van der Waals surface area contributed by atoms with Gasteiger partial charge in [-0.3, -0.25) is 0 Å². The van der Waals surface area contributed by atoms with Crippen molar-refractivity contribution in [3.8, 4) is 0 Å². The first kappa shape index (κ1) is 15.1. The van der Waals surface area contributed by atoms with Gasteiger partial charge in [-0.05, 0) is 26.7 Å². The third-order valence-corrected chi connectivity index (χ3v) is 6.11. The van der Waals surface area contributed by atoms with Crippen molar-refractivity contribution in [2.24, 2.45) is 5.92 Å². The number of quaternary nitrogens is 1. The van der Waals surface area contributed by atoms with Crippen LogP contribution in [0.3, 0.4) is 0 Å². The zero-order chi connectivity index (χ0) is 12.0. The summed E-state index contributed by atoms with van der Waals surface area (Å²) in [6.45, 7) is 6.43. The van der Waals surface area contributed by atoms with Crippen LogP contribution in [0.5, 0.6) is 0 Å². The molecule has 100 valence electrons. The Kier molecular flexibility index (Phi) is 4.43. The van der Waals surface area contributed by atoms with Crippen molar-refractivity contribution in [3.05, 3.63) is 0 Å². The number of nitrogens with two attached hydrogens (primary N) is 1. The fraction of sp³-hybridized carbons (Fsp3) is 0.917. The maximum Gasteiger partial charge on any atom is 0.363 e. The normalized spacial score (nSPS) is 39.9. The van der Waals surface area contributed by atoms with E-state index in [1.807, 2.05) is 11.8 Å². The average Bonchev–Trinajstić information content (AvgIpc) is 2.44. The van der Waals surface area contributed by atoms with Crippen molar-refractivity contribution >= 4 is 17.7 Å². The van der Waals surface area contributed by atoms with E-state index in [4.69, 9.17) is 0 Å². The van der Waals surface area contributed by atoms with Crippen molar-refractivity contribution in [1.82, 2.24) is 0 Å². The van der Waals surface area contributed by atoms with Crippen LogP contribution in [0.4, 0.5) is 0 Å². The molecule has 5 heteroatoms. The molecule has 0 aromatic heterocycles. The summed E-state index contributed by atoms with van der Waals surface area (Å²) in [6.07, 6.45) is 4.95. The molecule has 1 heterocycles. The molecule has 0 aromatic carbocycles. The van der Waals surface area contributed by atoms with Crippen molar-refractivity contribution in [2.75, 3.05) is 0 Å². The Morgan fingerprint density at radius 2 is 2.06 bits per heavy atom. The molecular formula is C12H22ClNO2S. The quantitative estimate of drug-likeness (QED) is 0.610. The number of thioether (sulfide) groups is 1. The van der Waals surface area contributed by atoms with E-state index in [1.54, 1.807) is 0 Å². The highest BCUT2D eigenvalue weighted by Crippen LogP contribution is 2.49. The molecule has 1 saturated carbocycles. The number of carboxylic acid groups (broad SMARTS) is 1. The van der Waals surface area contributed by atoms with Crippen LogP contribution in [-0.2, 0) is 4.79 Å². The molecule has 1 saturated heterocycles. The van der Waals surface area contributed by atoms with Crippen molar-refractivity contribution < 1.29 is 27.6 Å². The zero-order valence-corrected chi connectivity index (χ0v) is 12.3. The van der Waals surface area contributed by atoms with E-state index < -0.39 is 5.97 Å². The Balaban J connectivity index is 0.00000144. The fourth-order valence-electron chi connectivity index (χ4n) is 3.18. The summed E-state index contributed by atoms with van der Waals surface area (Å²) in [5, 5.41) is 11.4. The molecule has 2 aliphatic rings. The summed E-state index contributed by atoms with van der Waals surface area (Å²) in [4.78, 5) is 11.4. The summed E-state index contributed by atoms with van der Waals surface area (Å²) in [7, 11) is 0. The predicted molar refractivity (Wildman–Crippen MR) is 65.4 cm³/mol. The number of hydrogen-bond donors (Lipinski definition) is 2. The van der Waals surface area contributed by atoms with Gasteiger partial charge in [-0.2, -0.15) is 0 Å². The molecule has 3 atom stereocenters. The van der Waals surface area contributed by atoms with Gasteiger partial charge in [0, 0.05) is 12.3 Å². The standard InChI is InChI=1S/C12H21NO2S.ClH/c1-8-6-4-5-7-12(8)13-9(10(14)15)11(2,3)16-12;/h8-9,13H,4-7H2,1-3H3,(H,14,15);1H. The molecular weight excluding hydrogens is 258 g/mol. The van der Waals surface area contributed by atoms with Crippen LogP contribution in [0.15, 0.2) is 0 Å². The van der Waals surface area contributed by atoms with Gasteiger partial charge in [0.05, 0.1) is 4.75 Å². The van der Waals surface area contributed by atoms with Gasteiger partial charge in [-0.15, -0.1) is 0 Å². The lowest BCUT2D eigenvalue weighted by Crippen LogP contribution is -3.01. The van der Waals surface area contributed by atoms with Gasteiger partial charge in [0.15, 0.2) is 6.04 Å². The molecule has 3 nitrogen and oxygen atoms in total. The topological polar surface area (TPSA) is 53.9 Å². The molecule has 1 spiro atoms. The Hall–Kier alpha value is 0.0700. The van der Waals surface area contributed by atoms with E-state index in [2.05, 4.69) is 26.1 Å². The van der Waals surface area contributed by atoms with Crippen molar-refractivity contribution in [2.45, 2.75) is 62.1 Å². The third-order valence-electron chi connectivity index (χ3n) is 4.21. The van der Waals surface area contributed by atoms with Crippen LogP contribution in [0, 0.1) is 5.92 Å². The second kappa shape index (κ2) is 4.98.